The molecule has 2 rings (SSSR count). The van der Waals surface area contributed by atoms with Gasteiger partial charge in [-0.2, -0.15) is 0 Å². The van der Waals surface area contributed by atoms with E-state index in [2.05, 4.69) is 5.32 Å². The van der Waals surface area contributed by atoms with Gasteiger partial charge in [0.15, 0.2) is 6.61 Å². The van der Waals surface area contributed by atoms with Crippen LogP contribution in [-0.2, 0) is 19.6 Å². The molecule has 0 bridgehead atoms. The number of nitrogens with one attached hydrogen (secondary N) is 1. The van der Waals surface area contributed by atoms with Gasteiger partial charge in [0.05, 0.1) is 12.7 Å². The Morgan fingerprint density at radius 1 is 1.07 bits per heavy atom. The first-order valence-electron chi connectivity index (χ1n) is 8.71. The van der Waals surface area contributed by atoms with Crippen LogP contribution in [0.1, 0.15) is 21.5 Å². The third-order valence-corrected chi connectivity index (χ3v) is 6.00. The molecule has 0 aliphatic carbocycles. The summed E-state index contributed by atoms with van der Waals surface area (Å²) in [6, 6.07) is 9.52. The van der Waals surface area contributed by atoms with Crippen LogP contribution in [0.15, 0.2) is 41.3 Å². The first kappa shape index (κ1) is 22.4. The van der Waals surface area contributed by atoms with E-state index in [1.165, 1.54) is 39.4 Å². The van der Waals surface area contributed by atoms with E-state index in [9.17, 15) is 18.0 Å². The Labute approximate surface area is 170 Å². The van der Waals surface area contributed by atoms with E-state index in [0.717, 1.165) is 15.4 Å². The average Bonchev–Trinajstić information content (AvgIpc) is 2.68. The highest BCUT2D eigenvalue weighted by atomic mass is 32.2. The highest BCUT2D eigenvalue weighted by Crippen LogP contribution is 2.27. The third kappa shape index (κ3) is 5.33. The summed E-state index contributed by atoms with van der Waals surface area (Å²) in [4.78, 5) is 24.3. The van der Waals surface area contributed by atoms with Gasteiger partial charge in [-0.3, -0.25) is 4.79 Å². The van der Waals surface area contributed by atoms with E-state index in [4.69, 9.17) is 9.47 Å². The number of hydrogen-bond acceptors (Lipinski definition) is 6. The maximum absolute atomic E-state index is 12.4. The summed E-state index contributed by atoms with van der Waals surface area (Å²) < 4.78 is 36.0. The molecule has 0 aromatic heterocycles. The highest BCUT2D eigenvalue weighted by molar-refractivity contribution is 7.89. The van der Waals surface area contributed by atoms with Crippen molar-refractivity contribution in [1.82, 2.24) is 4.31 Å². The number of benzene rings is 2. The van der Waals surface area contributed by atoms with Crippen LogP contribution in [0.25, 0.3) is 0 Å². The Morgan fingerprint density at radius 3 is 2.38 bits per heavy atom. The summed E-state index contributed by atoms with van der Waals surface area (Å²) >= 11 is 0. The van der Waals surface area contributed by atoms with Crippen LogP contribution in [0.4, 0.5) is 5.69 Å². The Morgan fingerprint density at radius 2 is 1.76 bits per heavy atom. The number of sulfonamides is 1. The molecule has 0 aliphatic heterocycles. The summed E-state index contributed by atoms with van der Waals surface area (Å²) in [5.74, 6) is -1.22. The fourth-order valence-corrected chi connectivity index (χ4v) is 3.55. The summed E-state index contributed by atoms with van der Waals surface area (Å²) in [7, 11) is 0.243. The maximum Gasteiger partial charge on any atom is 0.338 e. The second-order valence-corrected chi connectivity index (χ2v) is 8.72. The second-order valence-electron chi connectivity index (χ2n) is 6.60. The Hall–Kier alpha value is -2.91. The lowest BCUT2D eigenvalue weighted by Crippen LogP contribution is -2.24. The van der Waals surface area contributed by atoms with Gasteiger partial charge in [0.25, 0.3) is 5.91 Å². The predicted octanol–water partition coefficient (Wildman–Crippen LogP) is 2.36. The molecule has 0 saturated heterocycles. The van der Waals surface area contributed by atoms with Crippen molar-refractivity contribution in [3.05, 3.63) is 53.1 Å². The predicted molar refractivity (Wildman–Crippen MR) is 109 cm³/mol. The number of carbonyl (C=O) groups excluding carboxylic acids is 2. The quantitative estimate of drug-likeness (QED) is 0.690. The van der Waals surface area contributed by atoms with Gasteiger partial charge in [0.2, 0.25) is 10.0 Å². The average molecular weight is 420 g/mol. The number of aryl methyl sites for hydroxylation is 2. The molecule has 0 fully saturated rings. The number of nitrogens with zero attached hydrogens (tertiary/aromatic N) is 1. The maximum atomic E-state index is 12.4. The van der Waals surface area contributed by atoms with Crippen LogP contribution in [0.5, 0.6) is 5.75 Å². The molecule has 2 aromatic rings. The molecule has 1 amide bonds. The lowest BCUT2D eigenvalue weighted by Gasteiger charge is -2.15. The fourth-order valence-electron chi connectivity index (χ4n) is 2.47. The first-order valence-corrected chi connectivity index (χ1v) is 10.1. The summed E-state index contributed by atoms with van der Waals surface area (Å²) in [6.07, 6.45) is 0. The molecule has 9 heteroatoms. The number of carbonyl (C=O) groups is 2. The van der Waals surface area contributed by atoms with Gasteiger partial charge < -0.3 is 14.8 Å². The lowest BCUT2D eigenvalue weighted by molar-refractivity contribution is -0.119. The standard InChI is InChI=1S/C20H24N2O6S/c1-13-6-7-14(2)16(10-13)21-19(23)12-28-20(24)15-8-9-17(27-5)18(11-15)29(25,26)22(3)4/h6-11H,12H2,1-5H3,(H,21,23). The van der Waals surface area contributed by atoms with E-state index in [0.29, 0.717) is 5.69 Å². The number of anilines is 1. The van der Waals surface area contributed by atoms with E-state index in [1.54, 1.807) is 0 Å². The van der Waals surface area contributed by atoms with Gasteiger partial charge in [0.1, 0.15) is 10.6 Å². The molecular formula is C20H24N2O6S. The molecule has 0 aliphatic rings. The number of rotatable bonds is 7. The van der Waals surface area contributed by atoms with Gasteiger partial charge in [0, 0.05) is 19.8 Å². The molecule has 0 spiro atoms. The van der Waals surface area contributed by atoms with E-state index in [1.807, 2.05) is 32.0 Å². The molecule has 2 aromatic carbocycles. The summed E-state index contributed by atoms with van der Waals surface area (Å²) in [6.45, 7) is 3.25. The Kier molecular flexibility index (Phi) is 6.99. The molecule has 8 nitrogen and oxygen atoms in total. The molecular weight excluding hydrogens is 396 g/mol. The van der Waals surface area contributed by atoms with Crippen LogP contribution in [0, 0.1) is 13.8 Å². The molecule has 0 heterocycles. The zero-order valence-corrected chi connectivity index (χ0v) is 17.8. The van der Waals surface area contributed by atoms with Crippen molar-refractivity contribution in [2.75, 3.05) is 33.1 Å². The van der Waals surface area contributed by atoms with E-state index in [-0.39, 0.29) is 16.2 Å². The lowest BCUT2D eigenvalue weighted by atomic mass is 10.1. The summed E-state index contributed by atoms with van der Waals surface area (Å²) in [5.41, 5.74) is 2.49. The monoisotopic (exact) mass is 420 g/mol. The first-order chi connectivity index (χ1) is 13.6. The van der Waals surface area contributed by atoms with Crippen LogP contribution < -0.4 is 10.1 Å². The minimum absolute atomic E-state index is 0.00855. The molecule has 0 saturated carbocycles. The van der Waals surface area contributed by atoms with Crippen molar-refractivity contribution >= 4 is 27.6 Å². The van der Waals surface area contributed by atoms with Crippen molar-refractivity contribution in [3.8, 4) is 5.75 Å². The zero-order valence-electron chi connectivity index (χ0n) is 17.0. The normalized spacial score (nSPS) is 11.2. The smallest absolute Gasteiger partial charge is 0.338 e. The minimum atomic E-state index is -3.84. The van der Waals surface area contributed by atoms with Gasteiger partial charge in [-0.25, -0.2) is 17.5 Å². The second kappa shape index (κ2) is 9.06. The van der Waals surface area contributed by atoms with Crippen LogP contribution in [0.3, 0.4) is 0 Å². The van der Waals surface area contributed by atoms with Gasteiger partial charge in [-0.15, -0.1) is 0 Å². The van der Waals surface area contributed by atoms with Crippen molar-refractivity contribution in [2.45, 2.75) is 18.7 Å². The molecule has 0 atom stereocenters. The number of amides is 1. The van der Waals surface area contributed by atoms with Crippen LogP contribution in [0.2, 0.25) is 0 Å². The fraction of sp³-hybridized carbons (Fsp3) is 0.300. The van der Waals surface area contributed by atoms with Crippen molar-refractivity contribution in [2.24, 2.45) is 0 Å². The van der Waals surface area contributed by atoms with Gasteiger partial charge in [-0.05, 0) is 49.2 Å². The minimum Gasteiger partial charge on any atom is -0.495 e. The Balaban J connectivity index is 2.13. The summed E-state index contributed by atoms with van der Waals surface area (Å²) in [5, 5.41) is 2.69. The van der Waals surface area contributed by atoms with Crippen molar-refractivity contribution < 1.29 is 27.5 Å². The number of hydrogen-bond donors (Lipinski definition) is 1. The highest BCUT2D eigenvalue weighted by Gasteiger charge is 2.24. The SMILES string of the molecule is COc1ccc(C(=O)OCC(=O)Nc2cc(C)ccc2C)cc1S(=O)(=O)N(C)C. The van der Waals surface area contributed by atoms with Crippen molar-refractivity contribution in [3.63, 3.8) is 0 Å². The van der Waals surface area contributed by atoms with Crippen LogP contribution in [-0.4, -0.2) is 52.4 Å². The zero-order chi connectivity index (χ0) is 21.8. The van der Waals surface area contributed by atoms with E-state index >= 15 is 0 Å². The molecule has 1 N–H and O–H groups in total. The van der Waals surface area contributed by atoms with Crippen molar-refractivity contribution in [1.29, 1.82) is 0 Å². The van der Waals surface area contributed by atoms with Crippen LogP contribution >= 0.6 is 0 Å². The number of esters is 1. The molecule has 156 valence electrons. The number of methoxy groups -OCH3 is 1. The van der Waals surface area contributed by atoms with E-state index < -0.39 is 28.5 Å². The third-order valence-electron chi connectivity index (χ3n) is 4.16. The molecule has 0 radical (unpaired) electrons. The van der Waals surface area contributed by atoms with Gasteiger partial charge >= 0.3 is 5.97 Å². The largest absolute Gasteiger partial charge is 0.495 e. The topological polar surface area (TPSA) is 102 Å². The van der Waals surface area contributed by atoms with Gasteiger partial charge in [-0.1, -0.05) is 12.1 Å². The Bertz CT molecular complexity index is 1030. The molecule has 29 heavy (non-hydrogen) atoms. The molecule has 0 unspecified atom stereocenters. The number of ether oxygens (including phenoxy) is 2.